The number of amides is 1. The first kappa shape index (κ1) is 9.43. The van der Waals surface area contributed by atoms with Crippen LogP contribution < -0.4 is 5.32 Å². The van der Waals surface area contributed by atoms with Gasteiger partial charge in [-0.05, 0) is 13.8 Å². The van der Waals surface area contributed by atoms with Crippen LogP contribution in [0.15, 0.2) is 0 Å². The molecule has 0 aliphatic rings. The summed E-state index contributed by atoms with van der Waals surface area (Å²) in [6.07, 6.45) is -0.00708. The van der Waals surface area contributed by atoms with Gasteiger partial charge in [-0.2, -0.15) is 0 Å². The number of nitrogens with one attached hydrogen (secondary N) is 1. The highest BCUT2D eigenvalue weighted by molar-refractivity contribution is 5.75. The normalized spacial score (nSPS) is 16.0. The Morgan fingerprint density at radius 2 is 2.10 bits per heavy atom. The molecule has 1 amide bonds. The summed E-state index contributed by atoms with van der Waals surface area (Å²) in [4.78, 5) is 10.7. The van der Waals surface area contributed by atoms with Crippen molar-refractivity contribution in [1.29, 1.82) is 0 Å². The van der Waals surface area contributed by atoms with E-state index >= 15 is 0 Å². The largest absolute Gasteiger partial charge is 0.391 e. The van der Waals surface area contributed by atoms with Crippen LogP contribution in [-0.4, -0.2) is 23.2 Å². The molecule has 0 aromatic carbocycles. The van der Waals surface area contributed by atoms with Crippen LogP contribution in [0.25, 0.3) is 0 Å². The van der Waals surface area contributed by atoms with Gasteiger partial charge in [-0.15, -0.1) is 0 Å². The highest BCUT2D eigenvalue weighted by Crippen LogP contribution is 1.90. The second-order valence-electron chi connectivity index (χ2n) is 2.45. The van der Waals surface area contributed by atoms with Crippen LogP contribution in [0.3, 0.4) is 0 Å². The zero-order valence-electron chi connectivity index (χ0n) is 6.72. The molecular weight excluding hydrogens is 130 g/mol. The third-order valence-electron chi connectivity index (χ3n) is 1.43. The predicted octanol–water partition coefficient (Wildman–Crippen LogP) is 0.282. The number of hydrogen-bond donors (Lipinski definition) is 2. The van der Waals surface area contributed by atoms with Gasteiger partial charge in [-0.3, -0.25) is 4.79 Å². The Bertz CT molecular complexity index is 112. The molecule has 0 heterocycles. The van der Waals surface area contributed by atoms with Crippen LogP contribution in [0.4, 0.5) is 0 Å². The summed E-state index contributed by atoms with van der Waals surface area (Å²) in [5.41, 5.74) is 0. The number of carbonyl (C=O) groups is 1. The first-order valence-electron chi connectivity index (χ1n) is 3.55. The smallest absolute Gasteiger partial charge is 0.220 e. The number of hydrogen-bond acceptors (Lipinski definition) is 2. The highest BCUT2D eigenvalue weighted by atomic mass is 16.3. The summed E-state index contributed by atoms with van der Waals surface area (Å²) in [5, 5.41) is 11.6. The van der Waals surface area contributed by atoms with E-state index < -0.39 is 6.10 Å². The first-order chi connectivity index (χ1) is 4.57. The lowest BCUT2D eigenvalue weighted by Gasteiger charge is -2.15. The van der Waals surface area contributed by atoms with Crippen LogP contribution in [-0.2, 0) is 4.79 Å². The molecule has 3 heteroatoms. The molecule has 0 bridgehead atoms. The van der Waals surface area contributed by atoms with Crippen LogP contribution in [0, 0.1) is 0 Å². The average molecular weight is 145 g/mol. The molecule has 0 fully saturated rings. The second kappa shape index (κ2) is 4.28. The van der Waals surface area contributed by atoms with Gasteiger partial charge in [0.1, 0.15) is 0 Å². The van der Waals surface area contributed by atoms with Gasteiger partial charge in [0, 0.05) is 6.42 Å². The molecule has 0 aliphatic heterocycles. The minimum absolute atomic E-state index is 0.0200. The number of rotatable bonds is 3. The zero-order valence-corrected chi connectivity index (χ0v) is 6.72. The van der Waals surface area contributed by atoms with Crippen molar-refractivity contribution in [2.45, 2.75) is 39.3 Å². The van der Waals surface area contributed by atoms with E-state index in [4.69, 9.17) is 5.11 Å². The summed E-state index contributed by atoms with van der Waals surface area (Å²) in [6.45, 7) is 5.21. The predicted molar refractivity (Wildman–Crippen MR) is 39.6 cm³/mol. The molecule has 0 radical (unpaired) electrons. The zero-order chi connectivity index (χ0) is 8.15. The SMILES string of the molecule is CCC(=O)NC(C)C(C)O. The van der Waals surface area contributed by atoms with E-state index in [1.54, 1.807) is 20.8 Å². The fourth-order valence-electron chi connectivity index (χ4n) is 0.477. The molecule has 0 aromatic rings. The Labute approximate surface area is 61.4 Å². The van der Waals surface area contributed by atoms with Crippen LogP contribution in [0.1, 0.15) is 27.2 Å². The fraction of sp³-hybridized carbons (Fsp3) is 0.857. The molecule has 10 heavy (non-hydrogen) atoms. The summed E-state index contributed by atoms with van der Waals surface area (Å²) in [5.74, 6) is -0.0200. The maximum atomic E-state index is 10.7. The number of aliphatic hydroxyl groups is 1. The fourth-order valence-corrected chi connectivity index (χ4v) is 0.477. The molecule has 60 valence electrons. The Morgan fingerprint density at radius 1 is 1.60 bits per heavy atom. The van der Waals surface area contributed by atoms with Crippen molar-refractivity contribution >= 4 is 5.91 Å². The topological polar surface area (TPSA) is 49.3 Å². The summed E-state index contributed by atoms with van der Waals surface area (Å²) >= 11 is 0. The minimum Gasteiger partial charge on any atom is -0.391 e. The van der Waals surface area contributed by atoms with E-state index in [-0.39, 0.29) is 11.9 Å². The van der Waals surface area contributed by atoms with Gasteiger partial charge >= 0.3 is 0 Å². The van der Waals surface area contributed by atoms with Gasteiger partial charge in [-0.25, -0.2) is 0 Å². The maximum Gasteiger partial charge on any atom is 0.220 e. The van der Waals surface area contributed by atoms with E-state index in [2.05, 4.69) is 5.32 Å². The molecule has 0 spiro atoms. The molecule has 2 atom stereocenters. The molecule has 2 unspecified atom stereocenters. The minimum atomic E-state index is -0.476. The molecule has 2 N–H and O–H groups in total. The van der Waals surface area contributed by atoms with Crippen LogP contribution in [0.2, 0.25) is 0 Å². The third kappa shape index (κ3) is 3.45. The van der Waals surface area contributed by atoms with E-state index in [1.165, 1.54) is 0 Å². The van der Waals surface area contributed by atoms with Crippen molar-refractivity contribution in [3.63, 3.8) is 0 Å². The van der Waals surface area contributed by atoms with Crippen molar-refractivity contribution < 1.29 is 9.90 Å². The van der Waals surface area contributed by atoms with Crippen LogP contribution in [0.5, 0.6) is 0 Å². The van der Waals surface area contributed by atoms with Crippen molar-refractivity contribution in [2.24, 2.45) is 0 Å². The van der Waals surface area contributed by atoms with Gasteiger partial charge in [0.15, 0.2) is 0 Å². The van der Waals surface area contributed by atoms with E-state index in [9.17, 15) is 4.79 Å². The second-order valence-corrected chi connectivity index (χ2v) is 2.45. The first-order valence-corrected chi connectivity index (χ1v) is 3.55. The lowest BCUT2D eigenvalue weighted by Crippen LogP contribution is -2.39. The average Bonchev–Trinajstić information content (AvgIpc) is 1.87. The lowest BCUT2D eigenvalue weighted by atomic mass is 10.2. The molecule has 0 saturated carbocycles. The number of carbonyl (C=O) groups excluding carboxylic acids is 1. The van der Waals surface area contributed by atoms with Gasteiger partial charge in [0.25, 0.3) is 0 Å². The van der Waals surface area contributed by atoms with Gasteiger partial charge in [0.05, 0.1) is 12.1 Å². The van der Waals surface area contributed by atoms with Crippen molar-refractivity contribution in [2.75, 3.05) is 0 Å². The molecular formula is C7H15NO2. The molecule has 0 saturated heterocycles. The van der Waals surface area contributed by atoms with Crippen molar-refractivity contribution in [3.8, 4) is 0 Å². The van der Waals surface area contributed by atoms with Gasteiger partial charge < -0.3 is 10.4 Å². The van der Waals surface area contributed by atoms with E-state index in [0.29, 0.717) is 6.42 Å². The third-order valence-corrected chi connectivity index (χ3v) is 1.43. The van der Waals surface area contributed by atoms with Gasteiger partial charge in [-0.1, -0.05) is 6.92 Å². The number of aliphatic hydroxyl groups excluding tert-OH is 1. The Balaban J connectivity index is 3.57. The highest BCUT2D eigenvalue weighted by Gasteiger charge is 2.09. The quantitative estimate of drug-likeness (QED) is 0.599. The lowest BCUT2D eigenvalue weighted by molar-refractivity contribution is -0.122. The summed E-state index contributed by atoms with van der Waals surface area (Å²) in [6, 6.07) is -0.146. The Morgan fingerprint density at radius 3 is 2.40 bits per heavy atom. The summed E-state index contributed by atoms with van der Waals surface area (Å²) < 4.78 is 0. The maximum absolute atomic E-state index is 10.7. The molecule has 0 aromatic heterocycles. The standard InChI is InChI=1S/C7H15NO2/c1-4-7(10)8-5(2)6(3)9/h5-6,9H,4H2,1-3H3,(H,8,10). The van der Waals surface area contributed by atoms with Crippen LogP contribution >= 0.6 is 0 Å². The van der Waals surface area contributed by atoms with E-state index in [0.717, 1.165) is 0 Å². The summed E-state index contributed by atoms with van der Waals surface area (Å²) in [7, 11) is 0. The monoisotopic (exact) mass is 145 g/mol. The van der Waals surface area contributed by atoms with Crippen molar-refractivity contribution in [1.82, 2.24) is 5.32 Å². The Hall–Kier alpha value is -0.570. The molecule has 0 rings (SSSR count). The van der Waals surface area contributed by atoms with Crippen molar-refractivity contribution in [3.05, 3.63) is 0 Å². The molecule has 0 aliphatic carbocycles. The molecule has 3 nitrogen and oxygen atoms in total. The van der Waals surface area contributed by atoms with E-state index in [1.807, 2.05) is 0 Å². The Kier molecular flexibility index (Phi) is 4.03. The van der Waals surface area contributed by atoms with Gasteiger partial charge in [0.2, 0.25) is 5.91 Å².